The number of hydrogen-bond donors (Lipinski definition) is 1. The van der Waals surface area contributed by atoms with Crippen molar-refractivity contribution in [1.82, 2.24) is 14.5 Å². The quantitative estimate of drug-likeness (QED) is 0.737. The average molecular weight is 359 g/mol. The topological polar surface area (TPSA) is 119 Å². The smallest absolute Gasteiger partial charge is 0.358 e. The molecular weight excluding hydrogens is 338 g/mol. The van der Waals surface area contributed by atoms with Gasteiger partial charge < -0.3 is 9.47 Å². The van der Waals surface area contributed by atoms with Crippen LogP contribution in [0.15, 0.2) is 11.1 Å². The molecule has 1 N–H and O–H groups in total. The van der Waals surface area contributed by atoms with Gasteiger partial charge in [-0.15, -0.1) is 0 Å². The number of piperidine rings is 1. The summed E-state index contributed by atoms with van der Waals surface area (Å²) in [5.74, 6) is -1.26. The number of nitrogens with zero attached hydrogens (tertiary/aromatic N) is 2. The molecule has 0 aliphatic carbocycles. The molecule has 1 fully saturated rings. The molecule has 1 aromatic rings. The van der Waals surface area contributed by atoms with Gasteiger partial charge in [0.15, 0.2) is 10.7 Å². The predicted octanol–water partition coefficient (Wildman–Crippen LogP) is 0.550. The lowest BCUT2D eigenvalue weighted by Crippen LogP contribution is -2.40. The highest BCUT2D eigenvalue weighted by molar-refractivity contribution is 7.89. The minimum atomic E-state index is -3.80. The molecule has 2 heterocycles. The van der Waals surface area contributed by atoms with Crippen LogP contribution in [0.2, 0.25) is 0 Å². The molecule has 0 aromatic carbocycles. The summed E-state index contributed by atoms with van der Waals surface area (Å²) in [5, 5.41) is 5.88. The van der Waals surface area contributed by atoms with E-state index < -0.39 is 16.0 Å². The van der Waals surface area contributed by atoms with E-state index in [1.165, 1.54) is 4.31 Å². The van der Waals surface area contributed by atoms with Crippen LogP contribution in [-0.4, -0.2) is 61.2 Å². The number of hydrogen-bond acceptors (Lipinski definition) is 7. The number of nitrogens with one attached hydrogen (secondary N) is 1. The van der Waals surface area contributed by atoms with E-state index in [0.29, 0.717) is 19.4 Å². The number of H-pyrrole nitrogens is 1. The number of carbonyl (C=O) groups is 2. The van der Waals surface area contributed by atoms with Gasteiger partial charge in [0.25, 0.3) is 10.0 Å². The summed E-state index contributed by atoms with van der Waals surface area (Å²) in [4.78, 5) is 23.3. The Hall–Kier alpha value is -1.94. The first-order chi connectivity index (χ1) is 11.4. The molecule has 9 nitrogen and oxygen atoms in total. The fourth-order valence-corrected chi connectivity index (χ4v) is 3.87. The summed E-state index contributed by atoms with van der Waals surface area (Å²) < 4.78 is 36.2. The average Bonchev–Trinajstić information content (AvgIpc) is 3.06. The van der Waals surface area contributed by atoms with Crippen LogP contribution in [0.1, 0.15) is 37.2 Å². The normalized spacial score (nSPS) is 16.8. The number of esters is 2. The Morgan fingerprint density at radius 2 is 1.88 bits per heavy atom. The van der Waals surface area contributed by atoms with E-state index in [0.717, 1.165) is 6.07 Å². The van der Waals surface area contributed by atoms with Crippen molar-refractivity contribution in [2.75, 3.05) is 26.3 Å². The maximum Gasteiger partial charge on any atom is 0.358 e. The van der Waals surface area contributed by atoms with Gasteiger partial charge in [-0.25, -0.2) is 13.2 Å². The van der Waals surface area contributed by atoms with E-state index >= 15 is 0 Å². The third kappa shape index (κ3) is 3.93. The zero-order chi connectivity index (χ0) is 17.7. The highest BCUT2D eigenvalue weighted by atomic mass is 32.2. The molecule has 2 rings (SSSR count). The summed E-state index contributed by atoms with van der Waals surface area (Å²) in [6, 6.07) is 1.16. The van der Waals surface area contributed by atoms with E-state index in [-0.39, 0.29) is 42.3 Å². The highest BCUT2D eigenvalue weighted by Gasteiger charge is 2.34. The molecular formula is C14H21N3O6S. The second kappa shape index (κ2) is 7.75. The van der Waals surface area contributed by atoms with Crippen LogP contribution in [0.3, 0.4) is 0 Å². The van der Waals surface area contributed by atoms with Crippen LogP contribution < -0.4 is 0 Å². The molecule has 0 bridgehead atoms. The Morgan fingerprint density at radius 1 is 1.25 bits per heavy atom. The van der Waals surface area contributed by atoms with Crippen LogP contribution in [0, 0.1) is 5.92 Å². The van der Waals surface area contributed by atoms with Crippen molar-refractivity contribution in [3.63, 3.8) is 0 Å². The van der Waals surface area contributed by atoms with E-state index in [2.05, 4.69) is 10.2 Å². The molecule has 1 aromatic heterocycles. The molecule has 0 unspecified atom stereocenters. The third-order valence-corrected chi connectivity index (χ3v) is 5.54. The second-order valence-electron chi connectivity index (χ2n) is 5.27. The molecule has 24 heavy (non-hydrogen) atoms. The maximum absolute atomic E-state index is 12.6. The maximum atomic E-state index is 12.6. The van der Waals surface area contributed by atoms with Gasteiger partial charge in [-0.3, -0.25) is 9.89 Å². The van der Waals surface area contributed by atoms with Crippen molar-refractivity contribution in [3.8, 4) is 0 Å². The lowest BCUT2D eigenvalue weighted by Gasteiger charge is -2.29. The fraction of sp³-hybridized carbons (Fsp3) is 0.643. The first-order valence-electron chi connectivity index (χ1n) is 7.79. The Morgan fingerprint density at radius 3 is 2.46 bits per heavy atom. The molecule has 0 spiro atoms. The Balaban J connectivity index is 2.04. The minimum absolute atomic E-state index is 0.0863. The van der Waals surface area contributed by atoms with Gasteiger partial charge in [-0.05, 0) is 26.7 Å². The van der Waals surface area contributed by atoms with E-state index in [1.807, 2.05) is 0 Å². The van der Waals surface area contributed by atoms with E-state index in [1.54, 1.807) is 13.8 Å². The number of sulfonamides is 1. The van der Waals surface area contributed by atoms with Crippen molar-refractivity contribution in [2.45, 2.75) is 31.7 Å². The summed E-state index contributed by atoms with van der Waals surface area (Å²) >= 11 is 0. The first kappa shape index (κ1) is 18.4. The van der Waals surface area contributed by atoms with Crippen molar-refractivity contribution in [2.24, 2.45) is 5.92 Å². The van der Waals surface area contributed by atoms with Crippen LogP contribution in [0.25, 0.3) is 0 Å². The summed E-state index contributed by atoms with van der Waals surface area (Å²) in [6.07, 6.45) is 0.799. The summed E-state index contributed by atoms with van der Waals surface area (Å²) in [5.41, 5.74) is -0.0863. The second-order valence-corrected chi connectivity index (χ2v) is 7.17. The van der Waals surface area contributed by atoms with Crippen LogP contribution in [-0.2, 0) is 24.3 Å². The van der Waals surface area contributed by atoms with Gasteiger partial charge in [0.05, 0.1) is 19.1 Å². The van der Waals surface area contributed by atoms with Gasteiger partial charge in [-0.1, -0.05) is 0 Å². The monoisotopic (exact) mass is 359 g/mol. The Kier molecular flexibility index (Phi) is 5.94. The van der Waals surface area contributed by atoms with E-state index in [4.69, 9.17) is 9.47 Å². The minimum Gasteiger partial charge on any atom is -0.466 e. The van der Waals surface area contributed by atoms with Crippen molar-refractivity contribution in [1.29, 1.82) is 0 Å². The van der Waals surface area contributed by atoms with Crippen LogP contribution in [0.5, 0.6) is 0 Å². The number of aromatic nitrogens is 2. The molecule has 1 saturated heterocycles. The molecule has 0 saturated carbocycles. The highest BCUT2D eigenvalue weighted by Crippen LogP contribution is 2.24. The summed E-state index contributed by atoms with van der Waals surface area (Å²) in [7, 11) is -3.80. The Labute approximate surface area is 140 Å². The molecule has 1 aliphatic heterocycles. The number of aromatic amines is 1. The molecule has 0 radical (unpaired) electrons. The first-order valence-corrected chi connectivity index (χ1v) is 9.23. The lowest BCUT2D eigenvalue weighted by atomic mass is 9.98. The summed E-state index contributed by atoms with van der Waals surface area (Å²) in [6.45, 7) is 4.28. The number of carbonyl (C=O) groups excluding carboxylic acids is 2. The van der Waals surface area contributed by atoms with Gasteiger partial charge in [0.2, 0.25) is 0 Å². The van der Waals surface area contributed by atoms with Crippen LogP contribution in [0.4, 0.5) is 0 Å². The van der Waals surface area contributed by atoms with E-state index in [9.17, 15) is 18.0 Å². The largest absolute Gasteiger partial charge is 0.466 e. The Bertz CT molecular complexity index is 691. The SMILES string of the molecule is CCOC(=O)c1cc(S(=O)(=O)N2CCC(C(=O)OCC)CC2)[nH]n1. The molecule has 0 amide bonds. The van der Waals surface area contributed by atoms with Crippen molar-refractivity contribution < 1.29 is 27.5 Å². The van der Waals surface area contributed by atoms with Gasteiger partial charge in [0.1, 0.15) is 0 Å². The zero-order valence-corrected chi connectivity index (χ0v) is 14.5. The zero-order valence-electron chi connectivity index (χ0n) is 13.6. The standard InChI is InChI=1S/C14H21N3O6S/c1-3-22-13(18)10-5-7-17(8-6-10)24(20,21)12-9-11(15-16-12)14(19)23-4-2/h9-10H,3-8H2,1-2H3,(H,15,16). The molecule has 10 heteroatoms. The van der Waals surface area contributed by atoms with Crippen LogP contribution >= 0.6 is 0 Å². The lowest BCUT2D eigenvalue weighted by molar-refractivity contribution is -0.149. The molecule has 1 aliphatic rings. The predicted molar refractivity (Wildman–Crippen MR) is 82.7 cm³/mol. The van der Waals surface area contributed by atoms with Gasteiger partial charge in [-0.2, -0.15) is 9.40 Å². The number of ether oxygens (including phenoxy) is 2. The van der Waals surface area contributed by atoms with Gasteiger partial charge in [0, 0.05) is 19.2 Å². The van der Waals surface area contributed by atoms with Gasteiger partial charge >= 0.3 is 11.9 Å². The fourth-order valence-electron chi connectivity index (χ4n) is 2.48. The molecule has 0 atom stereocenters. The third-order valence-electron chi connectivity index (χ3n) is 3.73. The number of rotatable bonds is 6. The van der Waals surface area contributed by atoms with Crippen molar-refractivity contribution in [3.05, 3.63) is 11.8 Å². The van der Waals surface area contributed by atoms with Crippen molar-refractivity contribution >= 4 is 22.0 Å². The molecule has 134 valence electrons.